The van der Waals surface area contributed by atoms with Crippen LogP contribution in [0, 0.1) is 5.41 Å². The molecule has 1 amide bonds. The lowest BCUT2D eigenvalue weighted by atomic mass is 9.91. The lowest BCUT2D eigenvalue weighted by Gasteiger charge is -2.26. The molecule has 2 unspecified atom stereocenters. The van der Waals surface area contributed by atoms with Crippen LogP contribution in [0.2, 0.25) is 0 Å². The quantitative estimate of drug-likeness (QED) is 0.610. The fourth-order valence-corrected chi connectivity index (χ4v) is 4.46. The van der Waals surface area contributed by atoms with Crippen LogP contribution in [0.3, 0.4) is 0 Å². The van der Waals surface area contributed by atoms with Crippen molar-refractivity contribution in [3.05, 3.63) is 36.8 Å². The molecule has 1 aliphatic heterocycles. The topological polar surface area (TPSA) is 124 Å². The SMILES string of the molecule is COc1ccc(-c2cn(C3CC(C(=O)O)N(C(=O)CC(C)(C)C)C3)c3ncnc(N)c23)cc1. The standard InChI is InChI=1S/C24H29N5O4/c1-24(2,3)10-19(30)29-11-15(9-18(29)23(31)32)28-12-17(14-5-7-16(33-4)8-6-14)20-21(25)26-13-27-22(20)28/h5-8,12-13,15,18H,9-11H2,1-4H3,(H,31,32)(H2,25,26,27). The van der Waals surface area contributed by atoms with E-state index in [2.05, 4.69) is 9.97 Å². The van der Waals surface area contributed by atoms with Crippen LogP contribution < -0.4 is 10.5 Å². The monoisotopic (exact) mass is 451 g/mol. The molecule has 0 spiro atoms. The molecule has 4 rings (SSSR count). The van der Waals surface area contributed by atoms with Crippen molar-refractivity contribution in [2.75, 3.05) is 19.4 Å². The summed E-state index contributed by atoms with van der Waals surface area (Å²) >= 11 is 0. The second-order valence-corrected chi connectivity index (χ2v) is 9.66. The predicted molar refractivity (Wildman–Crippen MR) is 125 cm³/mol. The van der Waals surface area contributed by atoms with Gasteiger partial charge >= 0.3 is 5.97 Å². The van der Waals surface area contributed by atoms with Crippen LogP contribution in [0.5, 0.6) is 5.75 Å². The number of ether oxygens (including phenoxy) is 1. The first-order valence-corrected chi connectivity index (χ1v) is 10.9. The number of carbonyl (C=O) groups is 2. The van der Waals surface area contributed by atoms with Crippen molar-refractivity contribution in [1.29, 1.82) is 0 Å². The number of fused-ring (bicyclic) bond motifs is 1. The molecule has 2 aromatic heterocycles. The van der Waals surface area contributed by atoms with Crippen molar-refractivity contribution < 1.29 is 19.4 Å². The van der Waals surface area contributed by atoms with E-state index in [0.29, 0.717) is 29.8 Å². The van der Waals surface area contributed by atoms with E-state index >= 15 is 0 Å². The second kappa shape index (κ2) is 8.38. The zero-order valence-electron chi connectivity index (χ0n) is 19.3. The van der Waals surface area contributed by atoms with Gasteiger partial charge in [-0.15, -0.1) is 0 Å². The van der Waals surface area contributed by atoms with Crippen LogP contribution in [0.25, 0.3) is 22.2 Å². The summed E-state index contributed by atoms with van der Waals surface area (Å²) in [5, 5.41) is 10.5. The fraction of sp³-hybridized carbons (Fsp3) is 0.417. The van der Waals surface area contributed by atoms with Crippen LogP contribution in [0.1, 0.15) is 39.7 Å². The van der Waals surface area contributed by atoms with Gasteiger partial charge in [0.15, 0.2) is 0 Å². The summed E-state index contributed by atoms with van der Waals surface area (Å²) in [5.41, 5.74) is 8.37. The van der Waals surface area contributed by atoms with Gasteiger partial charge in [-0.2, -0.15) is 0 Å². The van der Waals surface area contributed by atoms with Crippen molar-refractivity contribution in [3.63, 3.8) is 0 Å². The number of amides is 1. The molecular weight excluding hydrogens is 422 g/mol. The smallest absolute Gasteiger partial charge is 0.326 e. The number of likely N-dealkylation sites (tertiary alicyclic amines) is 1. The van der Waals surface area contributed by atoms with Gasteiger partial charge in [-0.25, -0.2) is 14.8 Å². The molecule has 9 nitrogen and oxygen atoms in total. The zero-order chi connectivity index (χ0) is 23.9. The molecular formula is C24H29N5O4. The van der Waals surface area contributed by atoms with E-state index in [0.717, 1.165) is 16.9 Å². The molecule has 33 heavy (non-hydrogen) atoms. The summed E-state index contributed by atoms with van der Waals surface area (Å²) in [6, 6.07) is 6.45. The average Bonchev–Trinajstić information content (AvgIpc) is 3.36. The van der Waals surface area contributed by atoms with Gasteiger partial charge in [0.25, 0.3) is 0 Å². The average molecular weight is 452 g/mol. The van der Waals surface area contributed by atoms with Gasteiger partial charge in [0.1, 0.15) is 29.6 Å². The highest BCUT2D eigenvalue weighted by Crippen LogP contribution is 2.38. The Balaban J connectivity index is 1.76. The van der Waals surface area contributed by atoms with Gasteiger partial charge in [0.05, 0.1) is 18.5 Å². The van der Waals surface area contributed by atoms with E-state index in [1.807, 2.05) is 55.8 Å². The van der Waals surface area contributed by atoms with Crippen LogP contribution in [0.4, 0.5) is 5.82 Å². The number of rotatable bonds is 5. The summed E-state index contributed by atoms with van der Waals surface area (Å²) in [6.45, 7) is 6.19. The van der Waals surface area contributed by atoms with Crippen LogP contribution in [0.15, 0.2) is 36.8 Å². The van der Waals surface area contributed by atoms with Crippen molar-refractivity contribution in [2.45, 2.75) is 45.7 Å². The molecule has 3 N–H and O–H groups in total. The van der Waals surface area contributed by atoms with Crippen molar-refractivity contribution in [3.8, 4) is 16.9 Å². The molecule has 0 saturated carbocycles. The lowest BCUT2D eigenvalue weighted by molar-refractivity contribution is -0.148. The molecule has 1 fully saturated rings. The number of aromatic nitrogens is 3. The maximum Gasteiger partial charge on any atom is 0.326 e. The van der Waals surface area contributed by atoms with Gasteiger partial charge < -0.3 is 25.0 Å². The number of hydrogen-bond donors (Lipinski definition) is 2. The minimum atomic E-state index is -0.999. The van der Waals surface area contributed by atoms with Crippen molar-refractivity contribution in [1.82, 2.24) is 19.4 Å². The zero-order valence-corrected chi connectivity index (χ0v) is 19.3. The summed E-state index contributed by atoms with van der Waals surface area (Å²) in [6.07, 6.45) is 3.90. The maximum absolute atomic E-state index is 13.0. The number of anilines is 1. The number of aliphatic carboxylic acids is 1. The third-order valence-corrected chi connectivity index (χ3v) is 6.00. The van der Waals surface area contributed by atoms with Crippen molar-refractivity contribution >= 4 is 28.7 Å². The highest BCUT2D eigenvalue weighted by molar-refractivity contribution is 6.00. The molecule has 0 radical (unpaired) electrons. The number of nitrogen functional groups attached to an aromatic ring is 1. The molecule has 0 aliphatic carbocycles. The summed E-state index contributed by atoms with van der Waals surface area (Å²) in [5.74, 6) is -0.0723. The number of carbonyl (C=O) groups excluding carboxylic acids is 1. The largest absolute Gasteiger partial charge is 0.497 e. The molecule has 1 saturated heterocycles. The third kappa shape index (κ3) is 4.35. The highest BCUT2D eigenvalue weighted by Gasteiger charge is 2.41. The Morgan fingerprint density at radius 2 is 1.91 bits per heavy atom. The fourth-order valence-electron chi connectivity index (χ4n) is 4.46. The highest BCUT2D eigenvalue weighted by atomic mass is 16.5. The minimum absolute atomic E-state index is 0.154. The number of benzene rings is 1. The number of carboxylic acids is 1. The van der Waals surface area contributed by atoms with Gasteiger partial charge in [-0.3, -0.25) is 4.79 Å². The first-order valence-electron chi connectivity index (χ1n) is 10.9. The van der Waals surface area contributed by atoms with Crippen molar-refractivity contribution in [2.24, 2.45) is 5.41 Å². The third-order valence-electron chi connectivity index (χ3n) is 6.00. The Labute approximate surface area is 192 Å². The molecule has 0 bridgehead atoms. The number of nitrogens with two attached hydrogens (primary N) is 1. The Kier molecular flexibility index (Phi) is 5.73. The number of nitrogens with zero attached hydrogens (tertiary/aromatic N) is 4. The normalized spacial score (nSPS) is 18.6. The number of hydrogen-bond acceptors (Lipinski definition) is 6. The summed E-state index contributed by atoms with van der Waals surface area (Å²) in [4.78, 5) is 35.1. The number of methoxy groups -OCH3 is 1. The van der Waals surface area contributed by atoms with E-state index in [9.17, 15) is 14.7 Å². The first-order chi connectivity index (χ1) is 15.6. The van der Waals surface area contributed by atoms with E-state index in [1.165, 1.54) is 11.2 Å². The Morgan fingerprint density at radius 3 is 2.52 bits per heavy atom. The molecule has 3 heterocycles. The van der Waals surface area contributed by atoms with E-state index in [4.69, 9.17) is 10.5 Å². The number of carboxylic acid groups (broad SMARTS) is 1. The van der Waals surface area contributed by atoms with Gasteiger partial charge in [-0.1, -0.05) is 32.9 Å². The predicted octanol–water partition coefficient (Wildman–Crippen LogP) is 3.35. The van der Waals surface area contributed by atoms with E-state index in [1.54, 1.807) is 7.11 Å². The van der Waals surface area contributed by atoms with Gasteiger partial charge in [0.2, 0.25) is 5.91 Å². The maximum atomic E-state index is 13.0. The Bertz CT molecular complexity index is 1200. The molecule has 1 aliphatic rings. The summed E-state index contributed by atoms with van der Waals surface area (Å²) in [7, 11) is 1.61. The van der Waals surface area contributed by atoms with Crippen LogP contribution >= 0.6 is 0 Å². The Morgan fingerprint density at radius 1 is 1.21 bits per heavy atom. The summed E-state index contributed by atoms with van der Waals surface area (Å²) < 4.78 is 7.20. The van der Waals surface area contributed by atoms with Crippen LogP contribution in [-0.2, 0) is 9.59 Å². The van der Waals surface area contributed by atoms with Gasteiger partial charge in [0, 0.05) is 31.1 Å². The molecule has 9 heteroatoms. The van der Waals surface area contributed by atoms with E-state index < -0.39 is 12.0 Å². The van der Waals surface area contributed by atoms with Crippen LogP contribution in [-0.4, -0.2) is 56.1 Å². The molecule has 1 aromatic carbocycles. The van der Waals surface area contributed by atoms with E-state index in [-0.39, 0.29) is 23.8 Å². The minimum Gasteiger partial charge on any atom is -0.497 e. The molecule has 3 aromatic rings. The van der Waals surface area contributed by atoms with Gasteiger partial charge in [-0.05, 0) is 23.1 Å². The lowest BCUT2D eigenvalue weighted by Crippen LogP contribution is -2.41. The molecule has 174 valence electrons. The molecule has 2 atom stereocenters. The second-order valence-electron chi connectivity index (χ2n) is 9.66. The Hall–Kier alpha value is -3.62. The first kappa shape index (κ1) is 22.6.